The van der Waals surface area contributed by atoms with Crippen molar-refractivity contribution in [3.8, 4) is 33.8 Å². The molecule has 3 aromatic heterocycles. The summed E-state index contributed by atoms with van der Waals surface area (Å²) in [6.45, 7) is 4.18. The zero-order chi connectivity index (χ0) is 34.8. The molecule has 2 aliphatic rings. The minimum absolute atomic E-state index is 0.0177. The molecule has 0 radical (unpaired) electrons. The van der Waals surface area contributed by atoms with Gasteiger partial charge in [0.05, 0.1) is 46.8 Å². The van der Waals surface area contributed by atoms with E-state index in [1.807, 2.05) is 91.9 Å². The number of aromatic nitrogens is 4. The molecule has 5 heterocycles. The summed E-state index contributed by atoms with van der Waals surface area (Å²) in [5.41, 5.74) is 10.3. The molecule has 2 aliphatic heterocycles. The molecule has 0 saturated heterocycles. The molecule has 1 atom stereocenters. The first-order valence-corrected chi connectivity index (χ1v) is 17.9. The normalized spacial score (nSPS) is 13.1. The van der Waals surface area contributed by atoms with Crippen LogP contribution in [-0.2, 0) is 9.09 Å². The van der Waals surface area contributed by atoms with Crippen LogP contribution in [0.25, 0.3) is 68.6 Å². The Balaban J connectivity index is 1.52. The lowest BCUT2D eigenvalue weighted by Crippen LogP contribution is -2.14. The fourth-order valence-electron chi connectivity index (χ4n) is 6.06. The summed E-state index contributed by atoms with van der Waals surface area (Å²) >= 11 is 4.78. The molecule has 0 saturated carbocycles. The predicted octanol–water partition coefficient (Wildman–Crippen LogP) is 8.98. The zero-order valence-corrected chi connectivity index (χ0v) is 29.1. The lowest BCUT2D eigenvalue weighted by molar-refractivity contribution is 0.287. The Bertz CT molecular complexity index is 2460. The van der Waals surface area contributed by atoms with Crippen molar-refractivity contribution in [2.45, 2.75) is 13.8 Å². The van der Waals surface area contributed by atoms with Gasteiger partial charge in [-0.05, 0) is 117 Å². The molecule has 12 heteroatoms. The molecule has 2 aromatic carbocycles. The number of hydrogen-bond donors (Lipinski definition) is 3. The standard InChI is InChI=1S/C38H32N5O5PS/c1-4-47-37-29(14-19-34(38(37)48-5-2)49(44,45)46-3)36-32-17-12-27(42-32)20-25-10-15-30(40-25)35(23-6-8-24(9-7-23)39-22-50)31-16-11-26(41-31)21-28-13-18-33(36)43-28/h6-21,40,43H,4-5H2,1-3H3,(H,44,45). The third-order valence-corrected chi connectivity index (χ3v) is 9.77. The summed E-state index contributed by atoms with van der Waals surface area (Å²) < 4.78 is 30.2. The second-order valence-electron chi connectivity index (χ2n) is 11.3. The SMILES string of the molecule is CCOc1c(-c2c3nc(cc4ccc([nH]4)c(-c4ccc(N=C=S)cc4)c4nc(cc5ccc2[nH]5)C=C4)C=C3)ccc(P(=O)(O)OC)c1OCC. The second-order valence-corrected chi connectivity index (χ2v) is 13.4. The van der Waals surface area contributed by atoms with E-state index in [4.69, 9.17) is 36.2 Å². The number of aromatic amines is 2. The number of ether oxygens (including phenoxy) is 2. The summed E-state index contributed by atoms with van der Waals surface area (Å²) in [5, 5.41) is 2.44. The molecular weight excluding hydrogens is 669 g/mol. The summed E-state index contributed by atoms with van der Waals surface area (Å²) in [5.74, 6) is 0.467. The van der Waals surface area contributed by atoms with Crippen molar-refractivity contribution in [3.63, 3.8) is 0 Å². The zero-order valence-electron chi connectivity index (χ0n) is 27.4. The molecule has 250 valence electrons. The van der Waals surface area contributed by atoms with E-state index in [0.29, 0.717) is 17.0 Å². The van der Waals surface area contributed by atoms with Gasteiger partial charge in [0.15, 0.2) is 11.5 Å². The van der Waals surface area contributed by atoms with Crippen LogP contribution >= 0.6 is 19.8 Å². The first-order chi connectivity index (χ1) is 24.3. The average Bonchev–Trinajstić information content (AvgIpc) is 3.94. The number of hydrogen-bond acceptors (Lipinski definition) is 8. The second kappa shape index (κ2) is 13.8. The van der Waals surface area contributed by atoms with Crippen LogP contribution < -0.4 is 14.8 Å². The van der Waals surface area contributed by atoms with E-state index in [-0.39, 0.29) is 24.3 Å². The molecular formula is C38H32N5O5PS. The van der Waals surface area contributed by atoms with Gasteiger partial charge >= 0.3 is 7.60 Å². The molecule has 0 aliphatic carbocycles. The number of fused-ring (bicyclic) bond motifs is 8. The van der Waals surface area contributed by atoms with Crippen LogP contribution in [0.2, 0.25) is 0 Å². The monoisotopic (exact) mass is 701 g/mol. The Kier molecular flexibility index (Phi) is 9.16. The molecule has 1 unspecified atom stereocenters. The molecule has 50 heavy (non-hydrogen) atoms. The maximum atomic E-state index is 13.1. The highest BCUT2D eigenvalue weighted by molar-refractivity contribution is 7.78. The van der Waals surface area contributed by atoms with Crippen molar-refractivity contribution < 1.29 is 23.5 Å². The van der Waals surface area contributed by atoms with Gasteiger partial charge in [-0.25, -0.2) is 9.97 Å². The highest BCUT2D eigenvalue weighted by Gasteiger charge is 2.31. The number of benzene rings is 2. The van der Waals surface area contributed by atoms with Crippen LogP contribution in [0, 0.1) is 0 Å². The Morgan fingerprint density at radius 1 is 0.780 bits per heavy atom. The molecule has 0 fully saturated rings. The van der Waals surface area contributed by atoms with Crippen molar-refractivity contribution in [1.29, 1.82) is 0 Å². The predicted molar refractivity (Wildman–Crippen MR) is 203 cm³/mol. The summed E-state index contributed by atoms with van der Waals surface area (Å²) in [6, 6.07) is 23.0. The molecule has 3 N–H and O–H groups in total. The van der Waals surface area contributed by atoms with Crippen LogP contribution in [0.1, 0.15) is 36.6 Å². The van der Waals surface area contributed by atoms with Gasteiger partial charge < -0.3 is 28.9 Å². The number of thiocarbonyl (C=S) groups is 1. The van der Waals surface area contributed by atoms with Gasteiger partial charge in [-0.1, -0.05) is 12.1 Å². The average molecular weight is 702 g/mol. The number of nitrogens with one attached hydrogen (secondary N) is 2. The molecule has 0 spiro atoms. The van der Waals surface area contributed by atoms with Gasteiger partial charge in [-0.15, -0.1) is 0 Å². The lowest BCUT2D eigenvalue weighted by atomic mass is 10.0. The van der Waals surface area contributed by atoms with Gasteiger partial charge in [-0.3, -0.25) is 4.57 Å². The van der Waals surface area contributed by atoms with Gasteiger partial charge in [0, 0.05) is 45.9 Å². The van der Waals surface area contributed by atoms with Gasteiger partial charge in [0.25, 0.3) is 0 Å². The van der Waals surface area contributed by atoms with Crippen LogP contribution in [0.4, 0.5) is 5.69 Å². The van der Waals surface area contributed by atoms with E-state index >= 15 is 0 Å². The third kappa shape index (κ3) is 6.36. The number of aliphatic imine (C=N–C) groups is 1. The van der Waals surface area contributed by atoms with E-state index in [0.717, 1.165) is 61.5 Å². The van der Waals surface area contributed by atoms with E-state index in [1.165, 1.54) is 7.11 Å². The highest BCUT2D eigenvalue weighted by Crippen LogP contribution is 2.49. The van der Waals surface area contributed by atoms with Crippen LogP contribution in [-0.4, -0.2) is 50.3 Å². The first-order valence-electron chi connectivity index (χ1n) is 15.9. The van der Waals surface area contributed by atoms with Crippen molar-refractivity contribution >= 4 is 82.3 Å². The smallest absolute Gasteiger partial charge is 0.362 e. The molecule has 7 rings (SSSR count). The fourth-order valence-corrected chi connectivity index (χ4v) is 7.04. The maximum Gasteiger partial charge on any atom is 0.362 e. The highest BCUT2D eigenvalue weighted by atomic mass is 32.1. The summed E-state index contributed by atoms with van der Waals surface area (Å²) in [4.78, 5) is 31.9. The van der Waals surface area contributed by atoms with Crippen molar-refractivity contribution in [2.24, 2.45) is 4.99 Å². The fraction of sp³-hybridized carbons (Fsp3) is 0.132. The summed E-state index contributed by atoms with van der Waals surface area (Å²) in [6.07, 6.45) is 7.87. The quantitative estimate of drug-likeness (QED) is 0.0772. The van der Waals surface area contributed by atoms with Crippen LogP contribution in [0.15, 0.2) is 77.8 Å². The van der Waals surface area contributed by atoms with Crippen molar-refractivity contribution in [1.82, 2.24) is 19.9 Å². The molecule has 8 bridgehead atoms. The maximum absolute atomic E-state index is 13.1. The van der Waals surface area contributed by atoms with E-state index in [1.54, 1.807) is 19.1 Å². The molecule has 10 nitrogen and oxygen atoms in total. The first kappa shape index (κ1) is 33.1. The van der Waals surface area contributed by atoms with Gasteiger partial charge in [0.1, 0.15) is 5.30 Å². The number of isothiocyanates is 1. The number of nitrogens with zero attached hydrogens (tertiary/aromatic N) is 3. The van der Waals surface area contributed by atoms with E-state index < -0.39 is 7.60 Å². The number of H-pyrrole nitrogens is 2. The Hall–Kier alpha value is -5.41. The third-order valence-electron chi connectivity index (χ3n) is 8.22. The van der Waals surface area contributed by atoms with Crippen molar-refractivity contribution in [2.75, 3.05) is 20.3 Å². The largest absolute Gasteiger partial charge is 0.489 e. The van der Waals surface area contributed by atoms with E-state index in [2.05, 4.69) is 20.1 Å². The van der Waals surface area contributed by atoms with E-state index in [9.17, 15) is 9.46 Å². The van der Waals surface area contributed by atoms with Gasteiger partial charge in [0.2, 0.25) is 0 Å². The van der Waals surface area contributed by atoms with Crippen LogP contribution in [0.3, 0.4) is 0 Å². The number of rotatable bonds is 9. The summed E-state index contributed by atoms with van der Waals surface area (Å²) in [7, 11) is -3.00. The lowest BCUT2D eigenvalue weighted by Gasteiger charge is -2.20. The van der Waals surface area contributed by atoms with Gasteiger partial charge in [-0.2, -0.15) is 4.99 Å². The Labute approximate surface area is 293 Å². The molecule has 5 aromatic rings. The topological polar surface area (TPSA) is 135 Å². The van der Waals surface area contributed by atoms with Crippen molar-refractivity contribution in [3.05, 3.63) is 95.6 Å². The minimum atomic E-state index is -4.19. The Morgan fingerprint density at radius 3 is 1.94 bits per heavy atom. The Morgan fingerprint density at radius 2 is 1.36 bits per heavy atom. The minimum Gasteiger partial charge on any atom is -0.489 e. The van der Waals surface area contributed by atoms with Crippen LogP contribution in [0.5, 0.6) is 11.5 Å². The molecule has 0 amide bonds.